The van der Waals surface area contributed by atoms with E-state index >= 15 is 0 Å². The molecule has 6 rings (SSSR count). The molecule has 3 aromatic rings. The first-order valence-corrected chi connectivity index (χ1v) is 14.1. The first-order chi connectivity index (χ1) is 20.0. The normalized spacial score (nSPS) is 17.0. The lowest BCUT2D eigenvalue weighted by molar-refractivity contribution is -0.114. The number of Topliss-reactive ketones (excluding diaryl/α,β-unsaturated/α-hetero) is 1. The molecule has 41 heavy (non-hydrogen) atoms. The Morgan fingerprint density at radius 2 is 1.93 bits per heavy atom. The molecule has 0 bridgehead atoms. The number of nitrogens with one attached hydrogen (secondary N) is 1. The van der Waals surface area contributed by atoms with Crippen molar-refractivity contribution in [3.63, 3.8) is 0 Å². The summed E-state index contributed by atoms with van der Waals surface area (Å²) in [5, 5.41) is 7.31. The number of ketones is 1. The highest BCUT2D eigenvalue weighted by molar-refractivity contribution is 6.04. The van der Waals surface area contributed by atoms with Crippen molar-refractivity contribution < 1.29 is 19.1 Å². The number of amides is 1. The van der Waals surface area contributed by atoms with E-state index in [2.05, 4.69) is 58.6 Å². The van der Waals surface area contributed by atoms with Crippen LogP contribution in [0.3, 0.4) is 0 Å². The van der Waals surface area contributed by atoms with E-state index in [1.54, 1.807) is 29.2 Å². The topological polar surface area (TPSA) is 85.7 Å². The molecule has 2 heterocycles. The number of ether oxygens (including phenoxy) is 2. The average molecular weight is 551 g/mol. The molecule has 0 atom stereocenters. The Labute approximate surface area is 239 Å². The van der Waals surface area contributed by atoms with Crippen molar-refractivity contribution in [2.24, 2.45) is 0 Å². The zero-order chi connectivity index (χ0) is 28.2. The van der Waals surface area contributed by atoms with Gasteiger partial charge in [0.1, 0.15) is 12.4 Å². The molecule has 2 aliphatic carbocycles. The molecule has 1 N–H and O–H groups in total. The highest BCUT2D eigenvalue weighted by atomic mass is 16.5. The van der Waals surface area contributed by atoms with Gasteiger partial charge in [0.25, 0.3) is 5.91 Å². The number of hydrogen-bond acceptors (Lipinski definition) is 6. The summed E-state index contributed by atoms with van der Waals surface area (Å²) in [6, 6.07) is 14.4. The maximum absolute atomic E-state index is 13.0. The van der Waals surface area contributed by atoms with Gasteiger partial charge in [-0.3, -0.25) is 19.2 Å². The van der Waals surface area contributed by atoms with Crippen LogP contribution in [0.25, 0.3) is 6.08 Å². The van der Waals surface area contributed by atoms with E-state index in [1.807, 2.05) is 12.1 Å². The first-order valence-electron chi connectivity index (χ1n) is 14.1. The van der Waals surface area contributed by atoms with E-state index in [0.29, 0.717) is 36.4 Å². The predicted octanol–water partition coefficient (Wildman–Crippen LogP) is 4.10. The highest BCUT2D eigenvalue weighted by Gasteiger charge is 2.24. The molecule has 1 amide bonds. The van der Waals surface area contributed by atoms with Gasteiger partial charge in [0.15, 0.2) is 5.78 Å². The van der Waals surface area contributed by atoms with E-state index in [9.17, 15) is 9.59 Å². The third-order valence-electron chi connectivity index (χ3n) is 7.68. The van der Waals surface area contributed by atoms with E-state index in [1.165, 1.54) is 5.56 Å². The second-order valence-corrected chi connectivity index (χ2v) is 10.7. The quantitative estimate of drug-likeness (QED) is 0.432. The summed E-state index contributed by atoms with van der Waals surface area (Å²) in [6.45, 7) is 7.57. The lowest BCUT2D eigenvalue weighted by Crippen LogP contribution is -2.38. The molecular weight excluding hydrogens is 516 g/mol. The van der Waals surface area contributed by atoms with Gasteiger partial charge in [0.2, 0.25) is 0 Å². The van der Waals surface area contributed by atoms with Crippen LogP contribution in [0, 0.1) is 6.92 Å². The van der Waals surface area contributed by atoms with Gasteiger partial charge < -0.3 is 14.8 Å². The third kappa shape index (κ3) is 6.56. The Hall–Kier alpha value is -4.27. The molecule has 1 aliphatic heterocycles. The molecule has 8 nitrogen and oxygen atoms in total. The molecule has 1 aromatic heterocycles. The van der Waals surface area contributed by atoms with Crippen LogP contribution in [-0.4, -0.2) is 65.8 Å². The second kappa shape index (κ2) is 12.1. The van der Waals surface area contributed by atoms with Gasteiger partial charge in [-0.1, -0.05) is 48.0 Å². The number of morpholine rings is 1. The molecular formula is C33H34N4O4. The smallest absolute Gasteiger partial charge is 0.258 e. The summed E-state index contributed by atoms with van der Waals surface area (Å²) in [5.41, 5.74) is 7.24. The number of nitrogens with zero attached hydrogens (tertiary/aromatic N) is 3. The summed E-state index contributed by atoms with van der Waals surface area (Å²) in [5.74, 6) is 0.628. The number of allylic oxidation sites excluding steroid dienone is 4. The number of rotatable bonds is 9. The molecule has 1 saturated heterocycles. The number of hydrogen-bond donors (Lipinski definition) is 1. The Kier molecular flexibility index (Phi) is 7.93. The number of aromatic nitrogens is 2. The minimum absolute atomic E-state index is 0.0509. The molecule has 0 radical (unpaired) electrons. The minimum Gasteiger partial charge on any atom is -0.492 e. The first kappa shape index (κ1) is 26.9. The summed E-state index contributed by atoms with van der Waals surface area (Å²) >= 11 is 0. The molecule has 0 unspecified atom stereocenters. The zero-order valence-corrected chi connectivity index (χ0v) is 23.3. The number of carbonyl (C=O) groups is 2. The second-order valence-electron chi connectivity index (χ2n) is 10.7. The molecule has 3 aliphatic rings. The molecule has 2 aromatic carbocycles. The van der Waals surface area contributed by atoms with Crippen molar-refractivity contribution in [2.75, 3.05) is 39.5 Å². The molecule has 8 heteroatoms. The average Bonchev–Trinajstić information content (AvgIpc) is 3.63. The van der Waals surface area contributed by atoms with Crippen molar-refractivity contribution >= 4 is 17.8 Å². The SMILES string of the molecule is Cc1ccc(Cn2cc(C(=O)NC3=CCC(=O)C(C4=Cc5cc(OCCN6CCOCC6)ccc5C4)=C3)cn2)cc1. The fourth-order valence-electron chi connectivity index (χ4n) is 5.31. The van der Waals surface area contributed by atoms with E-state index in [0.717, 1.165) is 60.9 Å². The zero-order valence-electron chi connectivity index (χ0n) is 23.3. The summed E-state index contributed by atoms with van der Waals surface area (Å²) < 4.78 is 13.2. The minimum atomic E-state index is -0.251. The Balaban J connectivity index is 1.08. The fraction of sp³-hybridized carbons (Fsp3) is 0.303. The van der Waals surface area contributed by atoms with Crippen LogP contribution in [0.15, 0.2) is 83.9 Å². The van der Waals surface area contributed by atoms with Crippen LogP contribution in [-0.2, 0) is 22.5 Å². The Morgan fingerprint density at radius 1 is 1.10 bits per heavy atom. The molecule has 0 spiro atoms. The summed E-state index contributed by atoms with van der Waals surface area (Å²) in [4.78, 5) is 28.2. The van der Waals surface area contributed by atoms with Gasteiger partial charge in [-0.2, -0.15) is 5.10 Å². The van der Waals surface area contributed by atoms with E-state index in [-0.39, 0.29) is 18.1 Å². The number of carbonyl (C=O) groups excluding carboxylic acids is 2. The van der Waals surface area contributed by atoms with Crippen molar-refractivity contribution in [1.29, 1.82) is 0 Å². The number of benzene rings is 2. The van der Waals surface area contributed by atoms with Crippen LogP contribution < -0.4 is 10.1 Å². The van der Waals surface area contributed by atoms with Crippen LogP contribution in [0.4, 0.5) is 0 Å². The fourth-order valence-corrected chi connectivity index (χ4v) is 5.31. The summed E-state index contributed by atoms with van der Waals surface area (Å²) in [7, 11) is 0. The van der Waals surface area contributed by atoms with Crippen molar-refractivity contribution in [2.45, 2.75) is 26.3 Å². The molecule has 1 fully saturated rings. The van der Waals surface area contributed by atoms with Crippen LogP contribution in [0.1, 0.15) is 39.0 Å². The van der Waals surface area contributed by atoms with Crippen molar-refractivity contribution in [3.05, 3.63) is 112 Å². The number of aryl methyl sites for hydroxylation is 1. The molecule has 210 valence electrons. The maximum Gasteiger partial charge on any atom is 0.258 e. The van der Waals surface area contributed by atoms with Gasteiger partial charge in [0, 0.05) is 43.5 Å². The van der Waals surface area contributed by atoms with Crippen molar-refractivity contribution in [3.8, 4) is 5.75 Å². The van der Waals surface area contributed by atoms with Gasteiger partial charge >= 0.3 is 0 Å². The van der Waals surface area contributed by atoms with Crippen LogP contribution in [0.2, 0.25) is 0 Å². The standard InChI is InChI=1S/C33H34N4O4/c1-23-2-4-24(5-3-23)21-37-22-28(20-34-37)33(39)35-29-7-9-32(38)31(19-29)27-16-25-6-8-30(18-26(25)17-27)41-15-12-36-10-13-40-14-11-36/h2-8,17-20,22H,9-16,21H2,1H3,(H,35,39). The lowest BCUT2D eigenvalue weighted by atomic mass is 9.93. The predicted molar refractivity (Wildman–Crippen MR) is 157 cm³/mol. The van der Waals surface area contributed by atoms with E-state index < -0.39 is 0 Å². The Bertz CT molecular complexity index is 1540. The summed E-state index contributed by atoms with van der Waals surface area (Å²) in [6.07, 6.45) is 9.85. The van der Waals surface area contributed by atoms with E-state index in [4.69, 9.17) is 9.47 Å². The van der Waals surface area contributed by atoms with Crippen LogP contribution >= 0.6 is 0 Å². The highest BCUT2D eigenvalue weighted by Crippen LogP contribution is 2.34. The lowest BCUT2D eigenvalue weighted by Gasteiger charge is -2.26. The van der Waals surface area contributed by atoms with Crippen LogP contribution in [0.5, 0.6) is 5.75 Å². The largest absolute Gasteiger partial charge is 0.492 e. The third-order valence-corrected chi connectivity index (χ3v) is 7.68. The van der Waals surface area contributed by atoms with Gasteiger partial charge in [-0.25, -0.2) is 0 Å². The monoisotopic (exact) mass is 550 g/mol. The van der Waals surface area contributed by atoms with Gasteiger partial charge in [0.05, 0.1) is 31.5 Å². The van der Waals surface area contributed by atoms with Crippen molar-refractivity contribution in [1.82, 2.24) is 20.0 Å². The van der Waals surface area contributed by atoms with Gasteiger partial charge in [-0.05, 0) is 53.8 Å². The molecule has 0 saturated carbocycles. The van der Waals surface area contributed by atoms with Gasteiger partial charge in [-0.15, -0.1) is 0 Å². The Morgan fingerprint density at radius 3 is 2.76 bits per heavy atom. The number of fused-ring (bicyclic) bond motifs is 1. The maximum atomic E-state index is 13.0.